The summed E-state index contributed by atoms with van der Waals surface area (Å²) in [4.78, 5) is 17.1. The lowest BCUT2D eigenvalue weighted by atomic mass is 10.0. The minimum Gasteiger partial charge on any atom is -0.465 e. The molecule has 0 amide bonds. The van der Waals surface area contributed by atoms with E-state index in [-0.39, 0.29) is 22.8 Å². The fourth-order valence-corrected chi connectivity index (χ4v) is 3.87. The first-order valence-electron chi connectivity index (χ1n) is 8.49. The minimum absolute atomic E-state index is 0.0829. The number of carbonyl (C=O) groups is 1. The van der Waals surface area contributed by atoms with Crippen LogP contribution >= 0.6 is 0 Å². The molecule has 0 aromatic heterocycles. The van der Waals surface area contributed by atoms with Crippen LogP contribution in [0.2, 0.25) is 0 Å². The van der Waals surface area contributed by atoms with Crippen molar-refractivity contribution < 1.29 is 36.0 Å². The van der Waals surface area contributed by atoms with Crippen LogP contribution in [0.3, 0.4) is 0 Å². The van der Waals surface area contributed by atoms with Crippen molar-refractivity contribution in [1.29, 1.82) is 0 Å². The van der Waals surface area contributed by atoms with E-state index >= 15 is 0 Å². The van der Waals surface area contributed by atoms with Gasteiger partial charge in [-0.15, -0.1) is 0 Å². The molecule has 29 heavy (non-hydrogen) atoms. The number of hydroxylamine groups is 1. The molecule has 0 heterocycles. The van der Waals surface area contributed by atoms with Crippen molar-refractivity contribution in [3.63, 3.8) is 0 Å². The van der Waals surface area contributed by atoms with Crippen molar-refractivity contribution >= 4 is 16.0 Å². The molecular weight excluding hydrogens is 411 g/mol. The van der Waals surface area contributed by atoms with Crippen molar-refractivity contribution in [2.24, 2.45) is 0 Å². The van der Waals surface area contributed by atoms with Crippen LogP contribution in [0.25, 0.3) is 0 Å². The molecule has 0 spiro atoms. The number of ether oxygens (including phenoxy) is 1. The first kappa shape index (κ1) is 22.7. The highest BCUT2D eigenvalue weighted by molar-refractivity contribution is 7.89. The molecule has 2 rings (SSSR count). The second-order valence-corrected chi connectivity index (χ2v) is 7.97. The summed E-state index contributed by atoms with van der Waals surface area (Å²) in [6, 6.07) is 6.21. The summed E-state index contributed by atoms with van der Waals surface area (Å²) >= 11 is 0. The monoisotopic (exact) mass is 431 g/mol. The third-order valence-electron chi connectivity index (χ3n) is 4.26. The molecule has 0 aliphatic carbocycles. The van der Waals surface area contributed by atoms with E-state index < -0.39 is 27.7 Å². The molecule has 0 aliphatic heterocycles. The van der Waals surface area contributed by atoms with Gasteiger partial charge in [0, 0.05) is 6.54 Å². The maximum Gasteiger partial charge on any atom is 0.416 e. The van der Waals surface area contributed by atoms with Gasteiger partial charge in [-0.2, -0.15) is 13.2 Å². The summed E-state index contributed by atoms with van der Waals surface area (Å²) in [7, 11) is -3.03. The van der Waals surface area contributed by atoms with Crippen LogP contribution in [0, 0.1) is 13.8 Å². The Morgan fingerprint density at radius 2 is 1.69 bits per heavy atom. The van der Waals surface area contributed by atoms with Crippen molar-refractivity contribution in [2.75, 3.05) is 13.7 Å². The Kier molecular flexibility index (Phi) is 6.59. The Hall–Kier alpha value is -2.59. The first-order valence-corrected chi connectivity index (χ1v) is 9.93. The number of benzene rings is 2. The quantitative estimate of drug-likeness (QED) is 0.508. The molecule has 6 nitrogen and oxygen atoms in total. The van der Waals surface area contributed by atoms with Crippen LogP contribution < -0.4 is 4.84 Å². The van der Waals surface area contributed by atoms with Crippen LogP contribution in [0.4, 0.5) is 13.2 Å². The number of hydrogen-bond donors (Lipinski definition) is 0. The van der Waals surface area contributed by atoms with E-state index in [1.54, 1.807) is 13.8 Å². The van der Waals surface area contributed by atoms with Gasteiger partial charge in [0.05, 0.1) is 23.1 Å². The molecule has 2 aromatic carbocycles. The number of alkyl halides is 3. The van der Waals surface area contributed by atoms with Gasteiger partial charge in [0.15, 0.2) is 0 Å². The number of aryl methyl sites for hydroxylation is 1. The van der Waals surface area contributed by atoms with Crippen LogP contribution in [-0.4, -0.2) is 32.5 Å². The van der Waals surface area contributed by atoms with E-state index in [0.717, 1.165) is 24.3 Å². The molecule has 0 saturated carbocycles. The predicted octanol–water partition coefficient (Wildman–Crippen LogP) is 4.11. The van der Waals surface area contributed by atoms with Gasteiger partial charge in [-0.05, 0) is 72.8 Å². The number of methoxy groups -OCH3 is 1. The Morgan fingerprint density at radius 3 is 2.17 bits per heavy atom. The maximum absolute atomic E-state index is 13.0. The molecule has 0 radical (unpaired) electrons. The van der Waals surface area contributed by atoms with E-state index in [1.165, 1.54) is 26.2 Å². The topological polar surface area (TPSA) is 72.9 Å². The maximum atomic E-state index is 13.0. The summed E-state index contributed by atoms with van der Waals surface area (Å²) in [5, 5.41) is 0. The van der Waals surface area contributed by atoms with E-state index in [1.807, 2.05) is 0 Å². The third kappa shape index (κ3) is 4.88. The average molecular weight is 431 g/mol. The average Bonchev–Trinajstić information content (AvgIpc) is 2.66. The standard InChI is InChI=1S/C19H20F3NO5S/c1-5-23(28-15-8-6-14(7-9-15)19(20,21)22)29(25,26)16-10-12(2)13(3)17(11-16)18(24)27-4/h6-11H,5H2,1-4H3. The highest BCUT2D eigenvalue weighted by atomic mass is 32.2. The van der Waals surface area contributed by atoms with Gasteiger partial charge < -0.3 is 9.57 Å². The van der Waals surface area contributed by atoms with Crippen LogP contribution in [0.15, 0.2) is 41.3 Å². The smallest absolute Gasteiger partial charge is 0.416 e. The zero-order valence-electron chi connectivity index (χ0n) is 16.2. The number of carbonyl (C=O) groups excluding carboxylic acids is 1. The highest BCUT2D eigenvalue weighted by Crippen LogP contribution is 2.31. The summed E-state index contributed by atoms with van der Waals surface area (Å²) in [6.45, 7) is 4.69. The second-order valence-electron chi connectivity index (χ2n) is 6.14. The molecule has 0 atom stereocenters. The number of sulfonamides is 1. The van der Waals surface area contributed by atoms with Crippen LogP contribution in [0.1, 0.15) is 34.0 Å². The number of nitrogens with zero attached hydrogens (tertiary/aromatic N) is 1. The Bertz CT molecular complexity index is 1000. The first-order chi connectivity index (χ1) is 13.4. The fourth-order valence-electron chi connectivity index (χ4n) is 2.52. The lowest BCUT2D eigenvalue weighted by Gasteiger charge is -2.22. The van der Waals surface area contributed by atoms with Crippen molar-refractivity contribution in [1.82, 2.24) is 4.47 Å². The van der Waals surface area contributed by atoms with Gasteiger partial charge in [0.2, 0.25) is 0 Å². The molecular formula is C19H20F3NO5S. The molecule has 0 N–H and O–H groups in total. The van der Waals surface area contributed by atoms with Gasteiger partial charge in [-0.1, -0.05) is 0 Å². The zero-order chi connectivity index (χ0) is 22.0. The molecule has 158 valence electrons. The van der Waals surface area contributed by atoms with Gasteiger partial charge in [0.1, 0.15) is 5.75 Å². The van der Waals surface area contributed by atoms with E-state index in [2.05, 4.69) is 0 Å². The van der Waals surface area contributed by atoms with Gasteiger partial charge in [-0.25, -0.2) is 13.2 Å². The number of halogens is 3. The molecule has 0 saturated heterocycles. The molecule has 2 aromatic rings. The van der Waals surface area contributed by atoms with Crippen molar-refractivity contribution in [3.05, 3.63) is 58.7 Å². The van der Waals surface area contributed by atoms with Gasteiger partial charge in [-0.3, -0.25) is 0 Å². The lowest BCUT2D eigenvalue weighted by molar-refractivity contribution is -0.137. The summed E-state index contributed by atoms with van der Waals surface area (Å²) in [5.74, 6) is -0.769. The Morgan fingerprint density at radius 1 is 1.10 bits per heavy atom. The number of rotatable bonds is 6. The summed E-state index contributed by atoms with van der Waals surface area (Å²) in [5.41, 5.74) is 0.337. The van der Waals surface area contributed by atoms with Gasteiger partial charge >= 0.3 is 12.1 Å². The predicted molar refractivity (Wildman–Crippen MR) is 98.9 cm³/mol. The van der Waals surface area contributed by atoms with E-state index in [4.69, 9.17) is 9.57 Å². The Balaban J connectivity index is 2.40. The largest absolute Gasteiger partial charge is 0.465 e. The highest BCUT2D eigenvalue weighted by Gasteiger charge is 2.31. The summed E-state index contributed by atoms with van der Waals surface area (Å²) in [6.07, 6.45) is -4.52. The normalized spacial score (nSPS) is 12.1. The van der Waals surface area contributed by atoms with Crippen LogP contribution in [-0.2, 0) is 20.9 Å². The molecule has 0 aliphatic rings. The number of hydrogen-bond acceptors (Lipinski definition) is 5. The second kappa shape index (κ2) is 8.42. The summed E-state index contributed by atoms with van der Waals surface area (Å²) < 4.78 is 69.3. The fraction of sp³-hybridized carbons (Fsp3) is 0.316. The molecule has 0 bridgehead atoms. The van der Waals surface area contributed by atoms with E-state index in [0.29, 0.717) is 15.6 Å². The molecule has 10 heteroatoms. The molecule has 0 fully saturated rings. The molecule has 0 unspecified atom stereocenters. The Labute approximate surface area is 166 Å². The SMILES string of the molecule is CCN(Oc1ccc(C(F)(F)F)cc1)S(=O)(=O)c1cc(C)c(C)c(C(=O)OC)c1. The van der Waals surface area contributed by atoms with Crippen molar-refractivity contribution in [3.8, 4) is 5.75 Å². The van der Waals surface area contributed by atoms with Crippen LogP contribution in [0.5, 0.6) is 5.75 Å². The number of esters is 1. The van der Waals surface area contributed by atoms with E-state index in [9.17, 15) is 26.4 Å². The third-order valence-corrected chi connectivity index (χ3v) is 5.96. The zero-order valence-corrected chi connectivity index (χ0v) is 17.0. The minimum atomic E-state index is -4.52. The lowest BCUT2D eigenvalue weighted by Crippen LogP contribution is -2.34. The van der Waals surface area contributed by atoms with Gasteiger partial charge in [0.25, 0.3) is 10.0 Å². The van der Waals surface area contributed by atoms with Crippen molar-refractivity contribution in [2.45, 2.75) is 31.8 Å².